The van der Waals surface area contributed by atoms with E-state index in [0.29, 0.717) is 31.1 Å². The van der Waals surface area contributed by atoms with Crippen molar-refractivity contribution in [2.24, 2.45) is 0 Å². The zero-order valence-electron chi connectivity index (χ0n) is 11.9. The molecule has 1 aromatic rings. The minimum Gasteiger partial charge on any atom is -0.374 e. The van der Waals surface area contributed by atoms with Crippen molar-refractivity contribution in [1.29, 1.82) is 0 Å². The highest BCUT2D eigenvalue weighted by molar-refractivity contribution is 5.95. The van der Waals surface area contributed by atoms with E-state index in [1.807, 2.05) is 11.8 Å². The second-order valence-electron chi connectivity index (χ2n) is 5.27. The molecule has 6 heteroatoms. The van der Waals surface area contributed by atoms with E-state index in [0.717, 1.165) is 12.8 Å². The number of fused-ring (bicyclic) bond motifs is 2. The molecule has 1 aromatic heterocycles. The number of amides is 1. The monoisotopic (exact) mass is 280 g/mol. The van der Waals surface area contributed by atoms with Crippen LogP contribution in [-0.4, -0.2) is 54.0 Å². The first kappa shape index (κ1) is 13.6. The first-order valence-corrected chi connectivity index (χ1v) is 7.17. The van der Waals surface area contributed by atoms with Gasteiger partial charge in [0.05, 0.1) is 24.9 Å². The van der Waals surface area contributed by atoms with Gasteiger partial charge in [-0.15, -0.1) is 0 Å². The van der Waals surface area contributed by atoms with Crippen LogP contribution in [0.1, 0.15) is 35.9 Å². The molecule has 20 heavy (non-hydrogen) atoms. The van der Waals surface area contributed by atoms with E-state index < -0.39 is 0 Å². The summed E-state index contributed by atoms with van der Waals surface area (Å²) in [6, 6.07) is 0.0873. The topological polar surface area (TPSA) is 64.8 Å². The average Bonchev–Trinajstić information content (AvgIpc) is 2.95. The highest BCUT2D eigenvalue weighted by Crippen LogP contribution is 2.33. The largest absolute Gasteiger partial charge is 0.374 e. The number of aromatic nitrogens is 1. The number of ether oxygens (including phenoxy) is 2. The van der Waals surface area contributed by atoms with Gasteiger partial charge in [-0.25, -0.2) is 0 Å². The first-order chi connectivity index (χ1) is 9.72. The van der Waals surface area contributed by atoms with E-state index in [1.165, 1.54) is 6.20 Å². The Bertz CT molecular complexity index is 487. The molecule has 2 heterocycles. The second kappa shape index (κ2) is 5.54. The molecule has 2 fully saturated rings. The standard InChI is InChI=1S/C14H20N2O4/c1-3-18-13-11-4-5-12(13)19-7-6-16(11)14(17)10-8-15-20-9(10)2/h8,11-13H,3-7H2,1-2H3/t11-,12-,13-/m1/s1. The summed E-state index contributed by atoms with van der Waals surface area (Å²) in [5.74, 6) is 0.521. The molecule has 2 aliphatic rings. The first-order valence-electron chi connectivity index (χ1n) is 7.17. The third-order valence-electron chi connectivity index (χ3n) is 4.16. The van der Waals surface area contributed by atoms with Gasteiger partial charge >= 0.3 is 0 Å². The van der Waals surface area contributed by atoms with Gasteiger partial charge in [0.25, 0.3) is 5.91 Å². The summed E-state index contributed by atoms with van der Waals surface area (Å²) >= 11 is 0. The van der Waals surface area contributed by atoms with Gasteiger partial charge in [-0.3, -0.25) is 4.79 Å². The van der Waals surface area contributed by atoms with Gasteiger partial charge in [-0.2, -0.15) is 0 Å². The molecule has 1 saturated heterocycles. The fourth-order valence-corrected chi connectivity index (χ4v) is 3.21. The summed E-state index contributed by atoms with van der Waals surface area (Å²) in [6.07, 6.45) is 3.45. The quantitative estimate of drug-likeness (QED) is 0.837. The van der Waals surface area contributed by atoms with Crippen molar-refractivity contribution in [3.05, 3.63) is 17.5 Å². The Kier molecular flexibility index (Phi) is 3.76. The van der Waals surface area contributed by atoms with Crippen LogP contribution >= 0.6 is 0 Å². The molecular formula is C14H20N2O4. The molecule has 3 atom stereocenters. The van der Waals surface area contributed by atoms with Gasteiger partial charge < -0.3 is 18.9 Å². The number of hydrogen-bond acceptors (Lipinski definition) is 5. The highest BCUT2D eigenvalue weighted by Gasteiger charge is 2.45. The summed E-state index contributed by atoms with van der Waals surface area (Å²) in [5.41, 5.74) is 0.533. The predicted octanol–water partition coefficient (Wildman–Crippen LogP) is 1.39. The third-order valence-corrected chi connectivity index (χ3v) is 4.16. The van der Waals surface area contributed by atoms with Crippen LogP contribution in [0.25, 0.3) is 0 Å². The van der Waals surface area contributed by atoms with Crippen LogP contribution in [0.2, 0.25) is 0 Å². The van der Waals surface area contributed by atoms with Crippen LogP contribution < -0.4 is 0 Å². The molecule has 0 spiro atoms. The van der Waals surface area contributed by atoms with Gasteiger partial charge in [-0.1, -0.05) is 5.16 Å². The molecule has 3 rings (SSSR count). The van der Waals surface area contributed by atoms with Gasteiger partial charge in [-0.05, 0) is 26.7 Å². The van der Waals surface area contributed by atoms with E-state index >= 15 is 0 Å². The Morgan fingerprint density at radius 1 is 1.55 bits per heavy atom. The molecule has 1 aliphatic carbocycles. The molecule has 1 amide bonds. The fraction of sp³-hybridized carbons (Fsp3) is 0.714. The number of carbonyl (C=O) groups is 1. The van der Waals surface area contributed by atoms with Crippen LogP contribution in [0.5, 0.6) is 0 Å². The summed E-state index contributed by atoms with van der Waals surface area (Å²) in [7, 11) is 0. The van der Waals surface area contributed by atoms with Crippen LogP contribution in [0.15, 0.2) is 10.7 Å². The summed E-state index contributed by atoms with van der Waals surface area (Å²) in [4.78, 5) is 14.6. The van der Waals surface area contributed by atoms with E-state index in [-0.39, 0.29) is 24.2 Å². The number of aryl methyl sites for hydroxylation is 1. The highest BCUT2D eigenvalue weighted by atomic mass is 16.5. The Labute approximate surface area is 118 Å². The summed E-state index contributed by atoms with van der Waals surface area (Å²) in [6.45, 7) is 5.51. The van der Waals surface area contributed by atoms with Gasteiger partial charge in [0, 0.05) is 13.2 Å². The van der Waals surface area contributed by atoms with Crippen molar-refractivity contribution in [1.82, 2.24) is 10.1 Å². The lowest BCUT2D eigenvalue weighted by Crippen LogP contribution is -2.46. The number of hydrogen-bond donors (Lipinski definition) is 0. The Morgan fingerprint density at radius 2 is 2.40 bits per heavy atom. The Balaban J connectivity index is 1.85. The van der Waals surface area contributed by atoms with E-state index in [2.05, 4.69) is 5.16 Å². The SMILES string of the molecule is CCO[C@@H]1[C@H]2CC[C@H]1OCCN2C(=O)c1cnoc1C. The zero-order valence-corrected chi connectivity index (χ0v) is 11.9. The van der Waals surface area contributed by atoms with E-state index in [9.17, 15) is 4.79 Å². The lowest BCUT2D eigenvalue weighted by Gasteiger charge is -2.30. The summed E-state index contributed by atoms with van der Waals surface area (Å²) in [5, 5.41) is 3.69. The van der Waals surface area contributed by atoms with Crippen LogP contribution in [0, 0.1) is 6.92 Å². The molecule has 1 aliphatic heterocycles. The van der Waals surface area contributed by atoms with Crippen molar-refractivity contribution >= 4 is 5.91 Å². The Hall–Kier alpha value is -1.40. The molecule has 0 radical (unpaired) electrons. The minimum atomic E-state index is -0.0374. The van der Waals surface area contributed by atoms with Crippen LogP contribution in [0.3, 0.4) is 0 Å². The average molecular weight is 280 g/mol. The molecule has 1 saturated carbocycles. The van der Waals surface area contributed by atoms with Gasteiger partial charge in [0.15, 0.2) is 0 Å². The lowest BCUT2D eigenvalue weighted by molar-refractivity contribution is -0.0484. The van der Waals surface area contributed by atoms with Crippen LogP contribution in [0.4, 0.5) is 0 Å². The lowest BCUT2D eigenvalue weighted by atomic mass is 10.1. The maximum Gasteiger partial charge on any atom is 0.259 e. The smallest absolute Gasteiger partial charge is 0.259 e. The van der Waals surface area contributed by atoms with Gasteiger partial charge in [0.2, 0.25) is 0 Å². The third kappa shape index (κ3) is 2.23. The molecule has 6 nitrogen and oxygen atoms in total. The zero-order chi connectivity index (χ0) is 14.1. The number of rotatable bonds is 3. The van der Waals surface area contributed by atoms with Crippen LogP contribution in [-0.2, 0) is 9.47 Å². The van der Waals surface area contributed by atoms with E-state index in [4.69, 9.17) is 14.0 Å². The maximum atomic E-state index is 12.7. The van der Waals surface area contributed by atoms with Crippen molar-refractivity contribution in [3.63, 3.8) is 0 Å². The molecule has 110 valence electrons. The predicted molar refractivity (Wildman–Crippen MR) is 70.5 cm³/mol. The Morgan fingerprint density at radius 3 is 3.10 bits per heavy atom. The molecule has 2 bridgehead atoms. The number of nitrogens with zero attached hydrogens (tertiary/aromatic N) is 2. The summed E-state index contributed by atoms with van der Waals surface area (Å²) < 4.78 is 16.7. The molecule has 0 aromatic carbocycles. The normalized spacial score (nSPS) is 29.5. The molecular weight excluding hydrogens is 260 g/mol. The minimum absolute atomic E-state index is 0.0217. The van der Waals surface area contributed by atoms with Crippen molar-refractivity contribution in [2.45, 2.75) is 44.9 Å². The van der Waals surface area contributed by atoms with Crippen molar-refractivity contribution in [3.8, 4) is 0 Å². The van der Waals surface area contributed by atoms with Gasteiger partial charge in [0.1, 0.15) is 17.4 Å². The van der Waals surface area contributed by atoms with Crippen molar-refractivity contribution < 1.29 is 18.8 Å². The molecule has 0 unspecified atom stereocenters. The fourth-order valence-electron chi connectivity index (χ4n) is 3.21. The number of carbonyl (C=O) groups excluding carboxylic acids is 1. The van der Waals surface area contributed by atoms with E-state index in [1.54, 1.807) is 6.92 Å². The maximum absolute atomic E-state index is 12.7. The second-order valence-corrected chi connectivity index (χ2v) is 5.27. The molecule has 0 N–H and O–H groups in total. The van der Waals surface area contributed by atoms with Crippen molar-refractivity contribution in [2.75, 3.05) is 19.8 Å².